The first-order chi connectivity index (χ1) is 10.1. The Balaban J connectivity index is 2.26. The lowest BCUT2D eigenvalue weighted by molar-refractivity contribution is 0.426. The second kappa shape index (κ2) is 4.20. The molecule has 0 saturated carbocycles. The van der Waals surface area contributed by atoms with Crippen LogP contribution >= 0.6 is 0 Å². The maximum Gasteiger partial charge on any atom is 0.489 e. The van der Waals surface area contributed by atoms with Gasteiger partial charge in [-0.1, -0.05) is 42.5 Å². The van der Waals surface area contributed by atoms with Crippen molar-refractivity contribution in [2.24, 2.45) is 0 Å². The average Bonchev–Trinajstić information content (AvgIpc) is 2.78. The third kappa shape index (κ3) is 1.62. The van der Waals surface area contributed by atoms with Crippen molar-refractivity contribution in [1.29, 1.82) is 0 Å². The van der Waals surface area contributed by atoms with Crippen LogP contribution in [0.2, 0.25) is 0 Å². The predicted molar refractivity (Wildman–Crippen MR) is 87.7 cm³/mol. The van der Waals surface area contributed by atoms with Gasteiger partial charge >= 0.3 is 7.12 Å². The molecule has 0 spiro atoms. The number of benzene rings is 3. The highest BCUT2D eigenvalue weighted by atomic mass is 16.4. The fraction of sp³-hybridized carbons (Fsp3) is 0.111. The molecule has 3 heteroatoms. The van der Waals surface area contributed by atoms with Crippen LogP contribution in [0.25, 0.3) is 33.0 Å². The van der Waals surface area contributed by atoms with E-state index in [1.54, 1.807) is 0 Å². The SMILES string of the molecule is Cc1cc2c3c(c(C)cc(B(O)O)c3c1)-c1ccccc1-2. The molecule has 0 radical (unpaired) electrons. The van der Waals surface area contributed by atoms with Gasteiger partial charge in [-0.15, -0.1) is 0 Å². The van der Waals surface area contributed by atoms with E-state index in [0.29, 0.717) is 5.46 Å². The molecule has 0 aromatic heterocycles. The Morgan fingerprint density at radius 1 is 0.857 bits per heavy atom. The number of rotatable bonds is 1. The van der Waals surface area contributed by atoms with E-state index in [9.17, 15) is 10.0 Å². The van der Waals surface area contributed by atoms with Gasteiger partial charge in [-0.05, 0) is 63.5 Å². The highest BCUT2D eigenvalue weighted by molar-refractivity contribution is 6.62. The summed E-state index contributed by atoms with van der Waals surface area (Å²) in [4.78, 5) is 0. The molecular weight excluding hydrogens is 259 g/mol. The van der Waals surface area contributed by atoms with Crippen molar-refractivity contribution >= 4 is 23.4 Å². The molecule has 1 aliphatic rings. The van der Waals surface area contributed by atoms with Crippen LogP contribution in [0.1, 0.15) is 11.1 Å². The summed E-state index contributed by atoms with van der Waals surface area (Å²) < 4.78 is 0. The molecule has 3 aromatic rings. The van der Waals surface area contributed by atoms with E-state index in [1.165, 1.54) is 22.3 Å². The van der Waals surface area contributed by atoms with Crippen molar-refractivity contribution in [3.8, 4) is 22.3 Å². The number of fused-ring (bicyclic) bond motifs is 3. The van der Waals surface area contributed by atoms with E-state index in [0.717, 1.165) is 21.9 Å². The molecule has 0 bridgehead atoms. The minimum Gasteiger partial charge on any atom is -0.423 e. The van der Waals surface area contributed by atoms with Crippen molar-refractivity contribution in [2.75, 3.05) is 0 Å². The van der Waals surface area contributed by atoms with Crippen LogP contribution in [0.3, 0.4) is 0 Å². The monoisotopic (exact) mass is 274 g/mol. The first-order valence-electron chi connectivity index (χ1n) is 7.11. The number of aryl methyl sites for hydroxylation is 2. The summed E-state index contributed by atoms with van der Waals surface area (Å²) >= 11 is 0. The highest BCUT2D eigenvalue weighted by Crippen LogP contribution is 2.48. The molecule has 2 N–H and O–H groups in total. The molecule has 21 heavy (non-hydrogen) atoms. The predicted octanol–water partition coefficient (Wildman–Crippen LogP) is 2.78. The van der Waals surface area contributed by atoms with Crippen molar-refractivity contribution in [1.82, 2.24) is 0 Å². The fourth-order valence-corrected chi connectivity index (χ4v) is 3.57. The van der Waals surface area contributed by atoms with Gasteiger partial charge in [0, 0.05) is 0 Å². The van der Waals surface area contributed by atoms with E-state index in [2.05, 4.69) is 30.3 Å². The fourth-order valence-electron chi connectivity index (χ4n) is 3.57. The van der Waals surface area contributed by atoms with Crippen LogP contribution in [-0.2, 0) is 0 Å². The minimum atomic E-state index is -1.45. The van der Waals surface area contributed by atoms with Crippen LogP contribution < -0.4 is 5.46 Å². The molecule has 3 aromatic carbocycles. The second-order valence-electron chi connectivity index (χ2n) is 5.81. The summed E-state index contributed by atoms with van der Waals surface area (Å²) in [5.74, 6) is 0. The molecule has 1 aliphatic carbocycles. The maximum atomic E-state index is 9.71. The Bertz CT molecular complexity index is 897. The average molecular weight is 274 g/mol. The van der Waals surface area contributed by atoms with Crippen molar-refractivity contribution in [3.63, 3.8) is 0 Å². The molecule has 0 heterocycles. The van der Waals surface area contributed by atoms with Crippen LogP contribution in [0.4, 0.5) is 0 Å². The zero-order valence-electron chi connectivity index (χ0n) is 12.0. The minimum absolute atomic E-state index is 0.587. The van der Waals surface area contributed by atoms with Crippen molar-refractivity contribution < 1.29 is 10.0 Å². The van der Waals surface area contributed by atoms with E-state index < -0.39 is 7.12 Å². The van der Waals surface area contributed by atoms with Crippen LogP contribution in [-0.4, -0.2) is 17.2 Å². The lowest BCUT2D eigenvalue weighted by Gasteiger charge is -2.12. The normalized spacial score (nSPS) is 11.8. The van der Waals surface area contributed by atoms with Crippen LogP contribution in [0, 0.1) is 13.8 Å². The molecule has 0 saturated heterocycles. The highest BCUT2D eigenvalue weighted by Gasteiger charge is 2.27. The Labute approximate surface area is 123 Å². The zero-order chi connectivity index (χ0) is 14.7. The summed E-state index contributed by atoms with van der Waals surface area (Å²) in [5.41, 5.74) is 7.69. The summed E-state index contributed by atoms with van der Waals surface area (Å²) in [7, 11) is -1.45. The molecule has 0 aliphatic heterocycles. The number of hydrogen-bond acceptors (Lipinski definition) is 2. The van der Waals surface area contributed by atoms with Gasteiger partial charge in [0.2, 0.25) is 0 Å². The largest absolute Gasteiger partial charge is 0.489 e. The smallest absolute Gasteiger partial charge is 0.423 e. The molecule has 0 amide bonds. The van der Waals surface area contributed by atoms with Gasteiger partial charge in [0.05, 0.1) is 0 Å². The van der Waals surface area contributed by atoms with E-state index >= 15 is 0 Å². The molecule has 2 nitrogen and oxygen atoms in total. The maximum absolute atomic E-state index is 9.71. The van der Waals surface area contributed by atoms with Crippen molar-refractivity contribution in [2.45, 2.75) is 13.8 Å². The third-order valence-corrected chi connectivity index (χ3v) is 4.37. The van der Waals surface area contributed by atoms with Gasteiger partial charge in [-0.25, -0.2) is 0 Å². The molecule has 0 fully saturated rings. The lowest BCUT2D eigenvalue weighted by atomic mass is 9.75. The van der Waals surface area contributed by atoms with Crippen LogP contribution in [0.15, 0.2) is 42.5 Å². The Morgan fingerprint density at radius 3 is 2.29 bits per heavy atom. The Kier molecular flexibility index (Phi) is 2.53. The summed E-state index contributed by atoms with van der Waals surface area (Å²) in [5, 5.41) is 21.5. The van der Waals surface area contributed by atoms with E-state index in [4.69, 9.17) is 0 Å². The Hall–Kier alpha value is -2.10. The van der Waals surface area contributed by atoms with Gasteiger partial charge in [-0.2, -0.15) is 0 Å². The van der Waals surface area contributed by atoms with E-state index in [1.807, 2.05) is 26.0 Å². The lowest BCUT2D eigenvalue weighted by Crippen LogP contribution is -2.31. The third-order valence-electron chi connectivity index (χ3n) is 4.37. The first kappa shape index (κ1) is 12.6. The standard InChI is InChI=1S/C18H15BO2/c1-10-7-14-12-5-3-4-6-13(12)17-11(2)9-16(19(20)21)15(8-10)18(14)17/h3-9,20-21H,1-2H3. The Morgan fingerprint density at radius 2 is 1.57 bits per heavy atom. The van der Waals surface area contributed by atoms with Crippen LogP contribution in [0.5, 0.6) is 0 Å². The van der Waals surface area contributed by atoms with E-state index in [-0.39, 0.29) is 0 Å². The molecule has 0 unspecified atom stereocenters. The molecule has 4 rings (SSSR count). The summed E-state index contributed by atoms with van der Waals surface area (Å²) in [6, 6.07) is 14.5. The topological polar surface area (TPSA) is 40.5 Å². The molecule has 0 atom stereocenters. The van der Waals surface area contributed by atoms with Crippen molar-refractivity contribution in [3.05, 3.63) is 53.6 Å². The van der Waals surface area contributed by atoms with Gasteiger partial charge in [-0.3, -0.25) is 0 Å². The second-order valence-corrected chi connectivity index (χ2v) is 5.81. The molecule has 102 valence electrons. The summed E-state index contributed by atoms with van der Waals surface area (Å²) in [6.45, 7) is 4.08. The molecular formula is C18H15BO2. The van der Waals surface area contributed by atoms with Gasteiger partial charge in [0.1, 0.15) is 0 Å². The quantitative estimate of drug-likeness (QED) is 0.524. The zero-order valence-corrected chi connectivity index (χ0v) is 12.0. The van der Waals surface area contributed by atoms with Gasteiger partial charge in [0.25, 0.3) is 0 Å². The van der Waals surface area contributed by atoms with Gasteiger partial charge < -0.3 is 10.0 Å². The summed E-state index contributed by atoms with van der Waals surface area (Å²) in [6.07, 6.45) is 0. The van der Waals surface area contributed by atoms with Gasteiger partial charge in [0.15, 0.2) is 0 Å². The first-order valence-corrected chi connectivity index (χ1v) is 7.11. The number of hydrogen-bond donors (Lipinski definition) is 2.